The zero-order chi connectivity index (χ0) is 13.2. The van der Waals surface area contributed by atoms with Gasteiger partial charge in [0.2, 0.25) is 0 Å². The van der Waals surface area contributed by atoms with Crippen LogP contribution in [0.2, 0.25) is 0 Å². The number of nitrogens with one attached hydrogen (secondary N) is 1. The van der Waals surface area contributed by atoms with Crippen LogP contribution >= 0.6 is 11.3 Å². The zero-order valence-corrected chi connectivity index (χ0v) is 10.7. The van der Waals surface area contributed by atoms with Gasteiger partial charge in [0.05, 0.1) is 4.88 Å². The lowest BCUT2D eigenvalue weighted by Gasteiger charge is -1.96. The molecule has 0 aliphatic carbocycles. The molecule has 0 unspecified atom stereocenters. The molecule has 96 valence electrons. The Kier molecular flexibility index (Phi) is 2.84. The third kappa shape index (κ3) is 2.25. The van der Waals surface area contributed by atoms with Gasteiger partial charge in [-0.3, -0.25) is 14.8 Å². The molecule has 0 radical (unpaired) electrons. The number of hydrogen-bond acceptors (Lipinski definition) is 6. The van der Waals surface area contributed by atoms with Crippen molar-refractivity contribution in [2.45, 2.75) is 0 Å². The molecule has 7 nitrogen and oxygen atoms in total. The summed E-state index contributed by atoms with van der Waals surface area (Å²) in [4.78, 5) is 12.4. The highest BCUT2D eigenvalue weighted by Gasteiger charge is 2.14. The number of carbonyl (C=O) groups is 1. The summed E-state index contributed by atoms with van der Waals surface area (Å²) in [6.07, 6.45) is 1.63. The number of aryl methyl sites for hydroxylation is 1. The van der Waals surface area contributed by atoms with Gasteiger partial charge in [-0.25, -0.2) is 0 Å². The van der Waals surface area contributed by atoms with Gasteiger partial charge in [-0.2, -0.15) is 5.10 Å². The van der Waals surface area contributed by atoms with E-state index in [2.05, 4.69) is 20.6 Å². The predicted molar refractivity (Wildman–Crippen MR) is 68.8 cm³/mol. The summed E-state index contributed by atoms with van der Waals surface area (Å²) < 4.78 is 6.98. The van der Waals surface area contributed by atoms with Gasteiger partial charge < -0.3 is 4.42 Å². The van der Waals surface area contributed by atoms with Crippen LogP contribution in [0.1, 0.15) is 9.67 Å². The minimum atomic E-state index is -0.268. The van der Waals surface area contributed by atoms with Gasteiger partial charge in [0, 0.05) is 13.2 Å². The van der Waals surface area contributed by atoms with Crippen LogP contribution in [-0.4, -0.2) is 25.9 Å². The van der Waals surface area contributed by atoms with E-state index in [-0.39, 0.29) is 11.9 Å². The fourth-order valence-corrected chi connectivity index (χ4v) is 2.15. The van der Waals surface area contributed by atoms with Crippen LogP contribution in [-0.2, 0) is 7.05 Å². The van der Waals surface area contributed by atoms with E-state index in [9.17, 15) is 4.79 Å². The predicted octanol–water partition coefficient (Wildman–Crippen LogP) is 1.78. The van der Waals surface area contributed by atoms with Crippen LogP contribution in [0.5, 0.6) is 0 Å². The van der Waals surface area contributed by atoms with Crippen molar-refractivity contribution in [3.63, 3.8) is 0 Å². The highest BCUT2D eigenvalue weighted by atomic mass is 32.1. The summed E-state index contributed by atoms with van der Waals surface area (Å²) in [5.74, 6) is 0.0386. The average molecular weight is 275 g/mol. The Morgan fingerprint density at radius 2 is 2.32 bits per heavy atom. The molecular formula is C11H9N5O2S. The summed E-state index contributed by atoms with van der Waals surface area (Å²) in [6, 6.07) is 5.33. The van der Waals surface area contributed by atoms with Crippen LogP contribution < -0.4 is 5.32 Å². The van der Waals surface area contributed by atoms with Crippen molar-refractivity contribution in [2.75, 3.05) is 5.32 Å². The maximum Gasteiger partial charge on any atom is 0.322 e. The molecule has 0 bridgehead atoms. The smallest absolute Gasteiger partial charge is 0.322 e. The summed E-state index contributed by atoms with van der Waals surface area (Å²) in [5, 5.41) is 16.0. The number of nitrogens with zero attached hydrogens (tertiary/aromatic N) is 4. The first-order valence-electron chi connectivity index (χ1n) is 5.41. The van der Waals surface area contributed by atoms with Crippen molar-refractivity contribution < 1.29 is 9.21 Å². The molecular weight excluding hydrogens is 266 g/mol. The number of anilines is 1. The van der Waals surface area contributed by atoms with E-state index in [4.69, 9.17) is 4.42 Å². The number of thiophene rings is 1. The van der Waals surface area contributed by atoms with E-state index in [1.165, 1.54) is 11.3 Å². The van der Waals surface area contributed by atoms with Gasteiger partial charge in [-0.15, -0.1) is 16.4 Å². The zero-order valence-electron chi connectivity index (χ0n) is 9.90. The van der Waals surface area contributed by atoms with Crippen molar-refractivity contribution in [2.24, 2.45) is 7.05 Å². The Hall–Kier alpha value is -2.48. The van der Waals surface area contributed by atoms with Crippen molar-refractivity contribution >= 4 is 23.3 Å². The number of carbonyl (C=O) groups excluding carboxylic acids is 1. The quantitative estimate of drug-likeness (QED) is 0.787. The largest absolute Gasteiger partial charge is 0.401 e. The summed E-state index contributed by atoms with van der Waals surface area (Å²) in [6.45, 7) is 0. The van der Waals surface area contributed by atoms with E-state index in [1.807, 2.05) is 5.38 Å². The molecule has 3 heterocycles. The normalized spacial score (nSPS) is 10.6. The van der Waals surface area contributed by atoms with Crippen molar-refractivity contribution in [1.82, 2.24) is 20.0 Å². The second kappa shape index (κ2) is 4.65. The molecule has 3 aromatic heterocycles. The molecule has 1 amide bonds. The van der Waals surface area contributed by atoms with E-state index in [1.54, 1.807) is 36.1 Å². The molecule has 0 fully saturated rings. The molecule has 0 saturated carbocycles. The molecule has 19 heavy (non-hydrogen) atoms. The lowest BCUT2D eigenvalue weighted by atomic mass is 10.4. The topological polar surface area (TPSA) is 85.8 Å². The second-order valence-corrected chi connectivity index (χ2v) is 4.63. The van der Waals surface area contributed by atoms with Gasteiger partial charge >= 0.3 is 6.01 Å². The van der Waals surface area contributed by atoms with E-state index < -0.39 is 0 Å². The summed E-state index contributed by atoms with van der Waals surface area (Å²) >= 11 is 1.34. The molecule has 0 atom stereocenters. The lowest BCUT2D eigenvalue weighted by molar-refractivity contribution is 0.102. The number of aromatic nitrogens is 4. The first kappa shape index (κ1) is 11.6. The minimum absolute atomic E-state index is 0.0644. The van der Waals surface area contributed by atoms with E-state index in [0.717, 1.165) is 0 Å². The fourth-order valence-electron chi connectivity index (χ4n) is 1.53. The monoisotopic (exact) mass is 275 g/mol. The molecule has 0 saturated heterocycles. The summed E-state index contributed by atoms with van der Waals surface area (Å²) in [5.41, 5.74) is 0.684. The van der Waals surface area contributed by atoms with Crippen molar-refractivity contribution in [3.8, 4) is 11.6 Å². The van der Waals surface area contributed by atoms with Crippen molar-refractivity contribution in [3.05, 3.63) is 34.7 Å². The van der Waals surface area contributed by atoms with Crippen LogP contribution in [0.3, 0.4) is 0 Å². The van der Waals surface area contributed by atoms with Crippen LogP contribution in [0.15, 0.2) is 34.2 Å². The fraction of sp³-hybridized carbons (Fsp3) is 0.0909. The third-order valence-corrected chi connectivity index (χ3v) is 3.30. The van der Waals surface area contributed by atoms with Crippen LogP contribution in [0, 0.1) is 0 Å². The van der Waals surface area contributed by atoms with E-state index >= 15 is 0 Å². The molecule has 0 spiro atoms. The molecule has 1 N–H and O–H groups in total. The lowest BCUT2D eigenvalue weighted by Crippen LogP contribution is -2.10. The van der Waals surface area contributed by atoms with Crippen molar-refractivity contribution in [1.29, 1.82) is 0 Å². The van der Waals surface area contributed by atoms with Gasteiger partial charge in [0.1, 0.15) is 5.69 Å². The molecule has 8 heteroatoms. The number of hydrogen-bond donors (Lipinski definition) is 1. The van der Waals surface area contributed by atoms with Crippen LogP contribution in [0.25, 0.3) is 11.6 Å². The molecule has 3 aromatic rings. The molecule has 3 rings (SSSR count). The molecule has 0 aliphatic rings. The maximum atomic E-state index is 11.8. The van der Waals surface area contributed by atoms with Gasteiger partial charge in [-0.1, -0.05) is 11.2 Å². The van der Waals surface area contributed by atoms with E-state index in [0.29, 0.717) is 16.5 Å². The first-order chi connectivity index (χ1) is 9.24. The third-order valence-electron chi connectivity index (χ3n) is 2.43. The van der Waals surface area contributed by atoms with Gasteiger partial charge in [0.15, 0.2) is 0 Å². The molecule has 0 aliphatic heterocycles. The Morgan fingerprint density at radius 1 is 1.42 bits per heavy atom. The highest BCUT2D eigenvalue weighted by Crippen LogP contribution is 2.19. The number of rotatable bonds is 3. The van der Waals surface area contributed by atoms with Gasteiger partial charge in [-0.05, 0) is 17.5 Å². The molecule has 0 aromatic carbocycles. The summed E-state index contributed by atoms with van der Waals surface area (Å²) in [7, 11) is 1.77. The first-order valence-corrected chi connectivity index (χ1v) is 6.29. The maximum absolute atomic E-state index is 11.8. The Labute approximate surface area is 111 Å². The average Bonchev–Trinajstić information content (AvgIpc) is 3.08. The Balaban J connectivity index is 1.79. The highest BCUT2D eigenvalue weighted by molar-refractivity contribution is 7.12. The standard InChI is InChI=1S/C11H9N5O2S/c1-16-7(4-5-12-16)10-14-15-11(18-10)13-9(17)8-3-2-6-19-8/h2-6H,1H3,(H,13,15,17). The SMILES string of the molecule is Cn1nccc1-c1nnc(NC(=O)c2cccs2)o1. The second-order valence-electron chi connectivity index (χ2n) is 3.68. The minimum Gasteiger partial charge on any atom is -0.401 e. The van der Waals surface area contributed by atoms with Gasteiger partial charge in [0.25, 0.3) is 11.8 Å². The Morgan fingerprint density at radius 3 is 3.00 bits per heavy atom. The van der Waals surface area contributed by atoms with Crippen LogP contribution in [0.4, 0.5) is 6.01 Å². The Bertz CT molecular complexity index is 700. The number of amides is 1.